The summed E-state index contributed by atoms with van der Waals surface area (Å²) in [7, 11) is 0. The van der Waals surface area contributed by atoms with Crippen molar-refractivity contribution < 1.29 is 4.79 Å². The van der Waals surface area contributed by atoms with Crippen molar-refractivity contribution in [1.82, 2.24) is 35.1 Å². The smallest absolute Gasteiger partial charge is 0.226 e. The minimum atomic E-state index is -0.125. The molecule has 0 saturated carbocycles. The SMILES string of the molecule is CC(C)C(=O)Nc1cncc(-c2ccc3[nH]nc(-c4nc5c(-c6ccsc6)ccnc5[nH]4)c3n2)c1. The molecule has 0 bridgehead atoms. The maximum absolute atomic E-state index is 12.1. The van der Waals surface area contributed by atoms with E-state index in [1.165, 1.54) is 0 Å². The second kappa shape index (κ2) is 8.41. The van der Waals surface area contributed by atoms with Crippen molar-refractivity contribution >= 4 is 45.1 Å². The third kappa shape index (κ3) is 3.83. The Morgan fingerprint density at radius 3 is 2.80 bits per heavy atom. The van der Waals surface area contributed by atoms with Crippen molar-refractivity contribution in [1.29, 1.82) is 0 Å². The number of nitrogens with one attached hydrogen (secondary N) is 3. The van der Waals surface area contributed by atoms with Gasteiger partial charge in [-0.3, -0.25) is 14.9 Å². The van der Waals surface area contributed by atoms with Crippen LogP contribution >= 0.6 is 11.3 Å². The van der Waals surface area contributed by atoms with Crippen LogP contribution in [0.5, 0.6) is 0 Å². The van der Waals surface area contributed by atoms with Crippen LogP contribution in [0.1, 0.15) is 13.8 Å². The van der Waals surface area contributed by atoms with E-state index in [9.17, 15) is 4.79 Å². The second-order valence-electron chi connectivity index (χ2n) is 8.42. The number of carbonyl (C=O) groups excluding carboxylic acids is 1. The maximum Gasteiger partial charge on any atom is 0.226 e. The predicted octanol–water partition coefficient (Wildman–Crippen LogP) is 5.28. The van der Waals surface area contributed by atoms with Gasteiger partial charge in [-0.2, -0.15) is 16.4 Å². The molecule has 35 heavy (non-hydrogen) atoms. The van der Waals surface area contributed by atoms with Gasteiger partial charge in [-0.05, 0) is 46.7 Å². The molecule has 6 aromatic rings. The van der Waals surface area contributed by atoms with E-state index in [0.717, 1.165) is 27.7 Å². The van der Waals surface area contributed by atoms with Crippen LogP contribution in [0.15, 0.2) is 59.7 Å². The van der Waals surface area contributed by atoms with E-state index in [1.54, 1.807) is 29.9 Å². The highest BCUT2D eigenvalue weighted by molar-refractivity contribution is 7.08. The summed E-state index contributed by atoms with van der Waals surface area (Å²) in [6.45, 7) is 3.69. The summed E-state index contributed by atoms with van der Waals surface area (Å²) in [5.41, 5.74) is 7.77. The van der Waals surface area contributed by atoms with Crippen molar-refractivity contribution in [3.8, 4) is 33.9 Å². The van der Waals surface area contributed by atoms with Gasteiger partial charge in [0.15, 0.2) is 17.2 Å². The number of aromatic nitrogens is 7. The van der Waals surface area contributed by atoms with Crippen molar-refractivity contribution in [2.75, 3.05) is 5.32 Å². The van der Waals surface area contributed by atoms with Crippen LogP contribution in [0.2, 0.25) is 0 Å². The molecule has 9 nitrogen and oxygen atoms in total. The van der Waals surface area contributed by atoms with E-state index in [2.05, 4.69) is 41.9 Å². The van der Waals surface area contributed by atoms with E-state index < -0.39 is 0 Å². The molecule has 0 aliphatic heterocycles. The molecule has 0 saturated heterocycles. The Labute approximate surface area is 203 Å². The number of H-pyrrole nitrogens is 2. The lowest BCUT2D eigenvalue weighted by Crippen LogP contribution is -2.17. The number of hydrogen-bond acceptors (Lipinski definition) is 7. The lowest BCUT2D eigenvalue weighted by atomic mass is 10.1. The Kier molecular flexibility index (Phi) is 5.07. The minimum Gasteiger partial charge on any atom is -0.324 e. The molecule has 1 amide bonds. The normalized spacial score (nSPS) is 11.5. The maximum atomic E-state index is 12.1. The van der Waals surface area contributed by atoms with Gasteiger partial charge < -0.3 is 10.3 Å². The molecule has 0 unspecified atom stereocenters. The molecule has 0 aromatic carbocycles. The number of hydrogen-bond donors (Lipinski definition) is 3. The highest BCUT2D eigenvalue weighted by atomic mass is 32.1. The van der Waals surface area contributed by atoms with E-state index in [4.69, 9.17) is 9.97 Å². The number of fused-ring (bicyclic) bond motifs is 2. The average Bonchev–Trinajstić information content (AvgIpc) is 3.62. The van der Waals surface area contributed by atoms with Gasteiger partial charge >= 0.3 is 0 Å². The molecule has 3 N–H and O–H groups in total. The van der Waals surface area contributed by atoms with E-state index in [0.29, 0.717) is 34.1 Å². The summed E-state index contributed by atoms with van der Waals surface area (Å²) in [6.07, 6.45) is 5.11. The van der Waals surface area contributed by atoms with Gasteiger partial charge in [0.05, 0.1) is 23.1 Å². The lowest BCUT2D eigenvalue weighted by Gasteiger charge is -2.08. The first kappa shape index (κ1) is 21.1. The average molecular weight is 481 g/mol. The molecule has 0 aliphatic rings. The quantitative estimate of drug-likeness (QED) is 0.308. The summed E-state index contributed by atoms with van der Waals surface area (Å²) in [6, 6.07) is 9.71. The van der Waals surface area contributed by atoms with Gasteiger partial charge in [-0.15, -0.1) is 0 Å². The predicted molar refractivity (Wildman–Crippen MR) is 137 cm³/mol. The van der Waals surface area contributed by atoms with E-state index >= 15 is 0 Å². The third-order valence-electron chi connectivity index (χ3n) is 5.67. The fourth-order valence-electron chi connectivity index (χ4n) is 3.83. The zero-order valence-corrected chi connectivity index (χ0v) is 19.7. The zero-order chi connectivity index (χ0) is 23.9. The van der Waals surface area contributed by atoms with Gasteiger partial charge in [0.25, 0.3) is 0 Å². The number of thiophene rings is 1. The van der Waals surface area contributed by atoms with Gasteiger partial charge in [0.2, 0.25) is 5.91 Å². The zero-order valence-electron chi connectivity index (χ0n) is 18.9. The highest BCUT2D eigenvalue weighted by Crippen LogP contribution is 2.32. The molecule has 0 fully saturated rings. The number of aromatic amines is 2. The molecule has 6 aromatic heterocycles. The number of nitrogens with zero attached hydrogens (tertiary/aromatic N) is 5. The Morgan fingerprint density at radius 1 is 1.06 bits per heavy atom. The number of rotatable bonds is 5. The summed E-state index contributed by atoms with van der Waals surface area (Å²) in [5.74, 6) is 0.395. The standard InChI is InChI=1S/C25H20N8OS/c1-13(2)25(34)28-16-9-15(10-26-11-16)18-3-4-19-21(29-18)22(33-32-19)24-30-20-17(14-6-8-35-12-14)5-7-27-23(20)31-24/h3-13H,1-2H3,(H,28,34)(H,32,33)(H,27,30,31). The number of pyridine rings is 3. The molecule has 0 spiro atoms. The molecular weight excluding hydrogens is 460 g/mol. The monoisotopic (exact) mass is 480 g/mol. The van der Waals surface area contributed by atoms with Crippen molar-refractivity contribution in [3.63, 3.8) is 0 Å². The Bertz CT molecular complexity index is 1680. The fourth-order valence-corrected chi connectivity index (χ4v) is 4.49. The molecular formula is C25H20N8OS. The summed E-state index contributed by atoms with van der Waals surface area (Å²) < 4.78 is 0. The molecule has 6 heterocycles. The first-order chi connectivity index (χ1) is 17.1. The van der Waals surface area contributed by atoms with E-state index in [1.807, 2.05) is 43.5 Å². The fraction of sp³-hybridized carbons (Fsp3) is 0.120. The van der Waals surface area contributed by atoms with Crippen LogP contribution in [0.4, 0.5) is 5.69 Å². The van der Waals surface area contributed by atoms with Gasteiger partial charge in [-0.25, -0.2) is 15.0 Å². The molecule has 0 aliphatic carbocycles. The molecule has 172 valence electrons. The first-order valence-corrected chi connectivity index (χ1v) is 12.0. The molecule has 10 heteroatoms. The van der Waals surface area contributed by atoms with Crippen LogP contribution in [0.3, 0.4) is 0 Å². The van der Waals surface area contributed by atoms with Gasteiger partial charge in [-0.1, -0.05) is 13.8 Å². The minimum absolute atomic E-state index is 0.0650. The second-order valence-corrected chi connectivity index (χ2v) is 9.20. The summed E-state index contributed by atoms with van der Waals surface area (Å²) in [4.78, 5) is 33.8. The largest absolute Gasteiger partial charge is 0.324 e. The van der Waals surface area contributed by atoms with Crippen molar-refractivity contribution in [2.24, 2.45) is 5.92 Å². The summed E-state index contributed by atoms with van der Waals surface area (Å²) >= 11 is 1.64. The number of carbonyl (C=O) groups is 1. The number of amides is 1. The van der Waals surface area contributed by atoms with Crippen molar-refractivity contribution in [2.45, 2.75) is 13.8 Å². The Hall–Kier alpha value is -4.44. The summed E-state index contributed by atoms with van der Waals surface area (Å²) in [5, 5.41) is 14.5. The van der Waals surface area contributed by atoms with Crippen LogP contribution in [-0.4, -0.2) is 41.0 Å². The number of imidazole rings is 1. The molecule has 0 atom stereocenters. The first-order valence-electron chi connectivity index (χ1n) is 11.1. The topological polar surface area (TPSA) is 125 Å². The highest BCUT2D eigenvalue weighted by Gasteiger charge is 2.18. The van der Waals surface area contributed by atoms with Gasteiger partial charge in [0.1, 0.15) is 11.0 Å². The molecule has 0 radical (unpaired) electrons. The van der Waals surface area contributed by atoms with Crippen LogP contribution in [0.25, 0.3) is 56.1 Å². The Morgan fingerprint density at radius 2 is 1.97 bits per heavy atom. The Balaban J connectivity index is 1.41. The van der Waals surface area contributed by atoms with Crippen LogP contribution < -0.4 is 5.32 Å². The van der Waals surface area contributed by atoms with Crippen molar-refractivity contribution in [3.05, 3.63) is 59.7 Å². The van der Waals surface area contributed by atoms with Crippen LogP contribution in [-0.2, 0) is 4.79 Å². The van der Waals surface area contributed by atoms with Gasteiger partial charge in [0, 0.05) is 29.4 Å². The number of anilines is 1. The third-order valence-corrected chi connectivity index (χ3v) is 6.36. The van der Waals surface area contributed by atoms with Crippen LogP contribution in [0, 0.1) is 5.92 Å². The lowest BCUT2D eigenvalue weighted by molar-refractivity contribution is -0.118. The molecule has 6 rings (SSSR count). The van der Waals surface area contributed by atoms with E-state index in [-0.39, 0.29) is 11.8 Å².